The SMILES string of the molecule is O=C(c1ccncc1)N1CCCC(c2ccc(Cl)cc2)C1. The van der Waals surface area contributed by atoms with E-state index >= 15 is 0 Å². The van der Waals surface area contributed by atoms with Crippen LogP contribution in [0.25, 0.3) is 0 Å². The largest absolute Gasteiger partial charge is 0.338 e. The molecule has 1 saturated heterocycles. The Kier molecular flexibility index (Phi) is 4.20. The van der Waals surface area contributed by atoms with Crippen LogP contribution in [0.5, 0.6) is 0 Å². The maximum atomic E-state index is 12.5. The lowest BCUT2D eigenvalue weighted by Crippen LogP contribution is -2.39. The van der Waals surface area contributed by atoms with Gasteiger partial charge < -0.3 is 4.90 Å². The Morgan fingerprint density at radius 1 is 1.14 bits per heavy atom. The van der Waals surface area contributed by atoms with Gasteiger partial charge in [0.1, 0.15) is 0 Å². The van der Waals surface area contributed by atoms with Crippen LogP contribution in [0.2, 0.25) is 5.02 Å². The standard InChI is InChI=1S/C17H17ClN2O/c18-16-5-3-13(4-6-16)15-2-1-11-20(12-15)17(21)14-7-9-19-10-8-14/h3-10,15H,1-2,11-12H2. The monoisotopic (exact) mass is 300 g/mol. The first-order valence-electron chi connectivity index (χ1n) is 7.19. The van der Waals surface area contributed by atoms with Crippen LogP contribution < -0.4 is 0 Å². The molecule has 1 aliphatic heterocycles. The molecular formula is C17H17ClN2O. The van der Waals surface area contributed by atoms with Crippen molar-refractivity contribution in [3.05, 3.63) is 64.9 Å². The first-order chi connectivity index (χ1) is 10.2. The quantitative estimate of drug-likeness (QED) is 0.846. The van der Waals surface area contributed by atoms with Gasteiger partial charge >= 0.3 is 0 Å². The highest BCUT2D eigenvalue weighted by Gasteiger charge is 2.25. The van der Waals surface area contributed by atoms with Crippen LogP contribution >= 0.6 is 11.6 Å². The summed E-state index contributed by atoms with van der Waals surface area (Å²) in [6.45, 7) is 1.59. The van der Waals surface area contributed by atoms with Crippen molar-refractivity contribution in [1.29, 1.82) is 0 Å². The van der Waals surface area contributed by atoms with E-state index in [4.69, 9.17) is 11.6 Å². The van der Waals surface area contributed by atoms with Gasteiger partial charge in [0.05, 0.1) is 0 Å². The van der Waals surface area contributed by atoms with Gasteiger partial charge in [0.15, 0.2) is 0 Å². The van der Waals surface area contributed by atoms with Crippen molar-refractivity contribution in [2.24, 2.45) is 0 Å². The first kappa shape index (κ1) is 14.1. The summed E-state index contributed by atoms with van der Waals surface area (Å²) in [6.07, 6.45) is 5.47. The third-order valence-corrected chi connectivity index (χ3v) is 4.23. The van der Waals surface area contributed by atoms with Crippen molar-refractivity contribution in [2.75, 3.05) is 13.1 Å². The predicted octanol–water partition coefficient (Wildman–Crippen LogP) is 3.75. The fourth-order valence-corrected chi connectivity index (χ4v) is 2.97. The molecular weight excluding hydrogens is 284 g/mol. The second-order valence-electron chi connectivity index (χ2n) is 5.38. The number of rotatable bonds is 2. The highest BCUT2D eigenvalue weighted by atomic mass is 35.5. The van der Waals surface area contributed by atoms with E-state index in [2.05, 4.69) is 17.1 Å². The van der Waals surface area contributed by atoms with E-state index in [9.17, 15) is 4.79 Å². The Morgan fingerprint density at radius 2 is 1.86 bits per heavy atom. The van der Waals surface area contributed by atoms with Gasteiger partial charge in [-0.1, -0.05) is 23.7 Å². The number of amides is 1. The maximum absolute atomic E-state index is 12.5. The summed E-state index contributed by atoms with van der Waals surface area (Å²) in [7, 11) is 0. The van der Waals surface area contributed by atoms with E-state index in [1.807, 2.05) is 17.0 Å². The zero-order chi connectivity index (χ0) is 14.7. The molecule has 0 N–H and O–H groups in total. The Labute approximate surface area is 129 Å². The molecule has 108 valence electrons. The number of piperidine rings is 1. The fraction of sp³-hybridized carbons (Fsp3) is 0.294. The van der Waals surface area contributed by atoms with E-state index in [1.165, 1.54) is 5.56 Å². The minimum Gasteiger partial charge on any atom is -0.338 e. The molecule has 0 bridgehead atoms. The molecule has 21 heavy (non-hydrogen) atoms. The molecule has 3 nitrogen and oxygen atoms in total. The third kappa shape index (κ3) is 3.24. The zero-order valence-electron chi connectivity index (χ0n) is 11.7. The number of likely N-dealkylation sites (tertiary alicyclic amines) is 1. The van der Waals surface area contributed by atoms with Crippen LogP contribution in [0.4, 0.5) is 0 Å². The van der Waals surface area contributed by atoms with E-state index in [0.717, 1.165) is 31.0 Å². The average molecular weight is 301 g/mol. The van der Waals surface area contributed by atoms with Crippen LogP contribution in [-0.4, -0.2) is 28.9 Å². The van der Waals surface area contributed by atoms with Gasteiger partial charge in [0, 0.05) is 42.0 Å². The van der Waals surface area contributed by atoms with Gasteiger partial charge in [0.25, 0.3) is 5.91 Å². The molecule has 1 atom stereocenters. The third-order valence-electron chi connectivity index (χ3n) is 3.98. The van der Waals surface area contributed by atoms with Gasteiger partial charge in [-0.3, -0.25) is 9.78 Å². The molecule has 1 aromatic carbocycles. The molecule has 0 radical (unpaired) electrons. The number of hydrogen-bond donors (Lipinski definition) is 0. The number of nitrogens with zero attached hydrogens (tertiary/aromatic N) is 2. The van der Waals surface area contributed by atoms with Crippen LogP contribution in [-0.2, 0) is 0 Å². The molecule has 1 fully saturated rings. The number of hydrogen-bond acceptors (Lipinski definition) is 2. The Morgan fingerprint density at radius 3 is 2.57 bits per heavy atom. The number of benzene rings is 1. The number of carbonyl (C=O) groups is 1. The second kappa shape index (κ2) is 6.27. The lowest BCUT2D eigenvalue weighted by molar-refractivity contribution is 0.0707. The maximum Gasteiger partial charge on any atom is 0.253 e. The Hall–Kier alpha value is -1.87. The van der Waals surface area contributed by atoms with E-state index in [0.29, 0.717) is 11.5 Å². The lowest BCUT2D eigenvalue weighted by Gasteiger charge is -2.33. The van der Waals surface area contributed by atoms with Crippen LogP contribution in [0.3, 0.4) is 0 Å². The van der Waals surface area contributed by atoms with Crippen molar-refractivity contribution < 1.29 is 4.79 Å². The van der Waals surface area contributed by atoms with Gasteiger partial charge in [-0.2, -0.15) is 0 Å². The number of halogens is 1. The van der Waals surface area contributed by atoms with Gasteiger partial charge in [-0.05, 0) is 42.7 Å². The van der Waals surface area contributed by atoms with Crippen molar-refractivity contribution in [3.63, 3.8) is 0 Å². The highest BCUT2D eigenvalue weighted by molar-refractivity contribution is 6.30. The number of carbonyl (C=O) groups excluding carboxylic acids is 1. The van der Waals surface area contributed by atoms with Crippen molar-refractivity contribution >= 4 is 17.5 Å². The molecule has 2 heterocycles. The summed E-state index contributed by atoms with van der Waals surface area (Å²) in [6, 6.07) is 11.5. The Bertz CT molecular complexity index is 612. The predicted molar refractivity (Wildman–Crippen MR) is 83.6 cm³/mol. The van der Waals surface area contributed by atoms with Crippen LogP contribution in [0.15, 0.2) is 48.8 Å². The summed E-state index contributed by atoms with van der Waals surface area (Å²) < 4.78 is 0. The number of pyridine rings is 1. The highest BCUT2D eigenvalue weighted by Crippen LogP contribution is 2.28. The summed E-state index contributed by atoms with van der Waals surface area (Å²) in [5, 5.41) is 0.749. The molecule has 1 aromatic heterocycles. The summed E-state index contributed by atoms with van der Waals surface area (Å²) in [4.78, 5) is 18.4. The molecule has 4 heteroatoms. The molecule has 1 aliphatic rings. The van der Waals surface area contributed by atoms with Crippen LogP contribution in [0.1, 0.15) is 34.7 Å². The van der Waals surface area contributed by atoms with Gasteiger partial charge in [-0.15, -0.1) is 0 Å². The van der Waals surface area contributed by atoms with E-state index in [-0.39, 0.29) is 5.91 Å². The van der Waals surface area contributed by atoms with E-state index < -0.39 is 0 Å². The topological polar surface area (TPSA) is 33.2 Å². The first-order valence-corrected chi connectivity index (χ1v) is 7.56. The smallest absolute Gasteiger partial charge is 0.253 e. The van der Waals surface area contributed by atoms with Crippen molar-refractivity contribution in [3.8, 4) is 0 Å². The molecule has 0 saturated carbocycles. The fourth-order valence-electron chi connectivity index (χ4n) is 2.85. The molecule has 3 rings (SSSR count). The second-order valence-corrected chi connectivity index (χ2v) is 5.81. The molecule has 0 spiro atoms. The minimum atomic E-state index is 0.0936. The van der Waals surface area contributed by atoms with Crippen molar-refractivity contribution in [1.82, 2.24) is 9.88 Å². The summed E-state index contributed by atoms with van der Waals surface area (Å²) in [5.74, 6) is 0.484. The normalized spacial score (nSPS) is 18.5. The number of aromatic nitrogens is 1. The molecule has 1 amide bonds. The van der Waals surface area contributed by atoms with Crippen LogP contribution in [0, 0.1) is 0 Å². The minimum absolute atomic E-state index is 0.0936. The zero-order valence-corrected chi connectivity index (χ0v) is 12.5. The van der Waals surface area contributed by atoms with E-state index in [1.54, 1.807) is 24.5 Å². The average Bonchev–Trinajstić information content (AvgIpc) is 2.56. The van der Waals surface area contributed by atoms with Gasteiger partial charge in [0.2, 0.25) is 0 Å². The Balaban J connectivity index is 1.74. The van der Waals surface area contributed by atoms with Gasteiger partial charge in [-0.25, -0.2) is 0 Å². The van der Waals surface area contributed by atoms with Crippen molar-refractivity contribution in [2.45, 2.75) is 18.8 Å². The summed E-state index contributed by atoms with van der Waals surface area (Å²) >= 11 is 5.94. The lowest BCUT2D eigenvalue weighted by atomic mass is 9.90. The molecule has 2 aromatic rings. The molecule has 0 aliphatic carbocycles. The summed E-state index contributed by atoms with van der Waals surface area (Å²) in [5.41, 5.74) is 1.97. The molecule has 1 unspecified atom stereocenters.